The number of aliphatic hydroxyl groups is 1. The number of carbonyl (C=O) groups excluding carboxylic acids is 1. The number of aliphatic hydroxyl groups excluding tert-OH is 1. The molecule has 2 N–H and O–H groups in total. The second-order valence-corrected chi connectivity index (χ2v) is 5.74. The summed E-state index contributed by atoms with van der Waals surface area (Å²) in [5.41, 5.74) is 1.64. The smallest absolute Gasteiger partial charge is 0.251 e. The normalized spacial score (nSPS) is 23.1. The van der Waals surface area contributed by atoms with Crippen molar-refractivity contribution in [3.05, 3.63) is 33.8 Å². The molecule has 1 aromatic carbocycles. The van der Waals surface area contributed by atoms with Gasteiger partial charge in [-0.15, -0.1) is 0 Å². The van der Waals surface area contributed by atoms with E-state index in [1.165, 1.54) is 0 Å². The summed E-state index contributed by atoms with van der Waals surface area (Å²) in [5.74, 6) is 0.148. The molecule has 1 saturated carbocycles. The Balaban J connectivity index is 1.97. The van der Waals surface area contributed by atoms with Gasteiger partial charge in [0.05, 0.1) is 6.10 Å². The van der Waals surface area contributed by atoms with Gasteiger partial charge < -0.3 is 10.4 Å². The standard InChI is InChI=1S/C14H18BrNO2/c1-9-11(5-3-6-12(9)15)14(18)16-8-10-4-2-7-13(10)17/h3,5-6,10,13,17H,2,4,7-8H2,1H3,(H,16,18). The van der Waals surface area contributed by atoms with Gasteiger partial charge in [-0.25, -0.2) is 0 Å². The first-order chi connectivity index (χ1) is 8.59. The Kier molecular flexibility index (Phi) is 4.40. The van der Waals surface area contributed by atoms with Crippen LogP contribution in [0, 0.1) is 12.8 Å². The van der Waals surface area contributed by atoms with E-state index in [0.717, 1.165) is 29.3 Å². The molecule has 0 radical (unpaired) electrons. The molecule has 2 atom stereocenters. The van der Waals surface area contributed by atoms with Crippen molar-refractivity contribution in [2.24, 2.45) is 5.92 Å². The van der Waals surface area contributed by atoms with E-state index in [1.807, 2.05) is 25.1 Å². The maximum atomic E-state index is 12.1. The van der Waals surface area contributed by atoms with Crippen LogP contribution in [0.1, 0.15) is 35.2 Å². The van der Waals surface area contributed by atoms with E-state index >= 15 is 0 Å². The molecule has 4 heteroatoms. The van der Waals surface area contributed by atoms with Crippen LogP contribution in [-0.2, 0) is 0 Å². The topological polar surface area (TPSA) is 49.3 Å². The van der Waals surface area contributed by atoms with Crippen LogP contribution < -0.4 is 5.32 Å². The molecule has 0 bridgehead atoms. The second kappa shape index (κ2) is 5.85. The zero-order valence-electron chi connectivity index (χ0n) is 10.4. The zero-order valence-corrected chi connectivity index (χ0v) is 12.0. The van der Waals surface area contributed by atoms with Crippen molar-refractivity contribution in [3.63, 3.8) is 0 Å². The Morgan fingerprint density at radius 1 is 1.50 bits per heavy atom. The summed E-state index contributed by atoms with van der Waals surface area (Å²) in [6, 6.07) is 5.60. The number of carbonyl (C=O) groups is 1. The van der Waals surface area contributed by atoms with Crippen LogP contribution in [0.15, 0.2) is 22.7 Å². The molecule has 18 heavy (non-hydrogen) atoms. The van der Waals surface area contributed by atoms with Crippen molar-refractivity contribution in [2.75, 3.05) is 6.54 Å². The van der Waals surface area contributed by atoms with Gasteiger partial charge in [0.25, 0.3) is 5.91 Å². The fraction of sp³-hybridized carbons (Fsp3) is 0.500. The van der Waals surface area contributed by atoms with Crippen LogP contribution in [0.2, 0.25) is 0 Å². The van der Waals surface area contributed by atoms with Crippen molar-refractivity contribution >= 4 is 21.8 Å². The summed E-state index contributed by atoms with van der Waals surface area (Å²) < 4.78 is 0.941. The molecule has 0 spiro atoms. The number of hydrogen-bond acceptors (Lipinski definition) is 2. The second-order valence-electron chi connectivity index (χ2n) is 4.88. The van der Waals surface area contributed by atoms with Crippen molar-refractivity contribution in [3.8, 4) is 0 Å². The van der Waals surface area contributed by atoms with Gasteiger partial charge in [0.1, 0.15) is 0 Å². The molecule has 1 aliphatic carbocycles. The minimum absolute atomic E-state index is 0.0621. The maximum Gasteiger partial charge on any atom is 0.251 e. The highest BCUT2D eigenvalue weighted by atomic mass is 79.9. The fourth-order valence-corrected chi connectivity index (χ4v) is 2.79. The van der Waals surface area contributed by atoms with Gasteiger partial charge in [-0.3, -0.25) is 4.79 Å². The van der Waals surface area contributed by atoms with E-state index < -0.39 is 0 Å². The van der Waals surface area contributed by atoms with Crippen molar-refractivity contribution in [1.82, 2.24) is 5.32 Å². The molecule has 0 aliphatic heterocycles. The molecule has 0 aromatic heterocycles. The van der Waals surface area contributed by atoms with Crippen molar-refractivity contribution in [1.29, 1.82) is 0 Å². The molecule has 0 saturated heterocycles. The van der Waals surface area contributed by atoms with E-state index in [0.29, 0.717) is 12.1 Å². The summed E-state index contributed by atoms with van der Waals surface area (Å²) in [4.78, 5) is 12.1. The monoisotopic (exact) mass is 311 g/mol. The molecule has 3 nitrogen and oxygen atoms in total. The predicted molar refractivity (Wildman–Crippen MR) is 74.6 cm³/mol. The fourth-order valence-electron chi connectivity index (χ4n) is 2.43. The first kappa shape index (κ1) is 13.6. The van der Waals surface area contributed by atoms with Crippen LogP contribution in [0.4, 0.5) is 0 Å². The molecule has 2 unspecified atom stereocenters. The minimum Gasteiger partial charge on any atom is -0.393 e. The third-order valence-corrected chi connectivity index (χ3v) is 4.52. The number of rotatable bonds is 3. The Hall–Kier alpha value is -0.870. The van der Waals surface area contributed by atoms with E-state index in [2.05, 4.69) is 21.2 Å². The highest BCUT2D eigenvalue weighted by Crippen LogP contribution is 2.25. The number of halogens is 1. The summed E-state index contributed by atoms with van der Waals surface area (Å²) in [5, 5.41) is 12.6. The van der Waals surface area contributed by atoms with Crippen LogP contribution >= 0.6 is 15.9 Å². The van der Waals surface area contributed by atoms with Gasteiger partial charge in [0.15, 0.2) is 0 Å². The Labute approximate surface area is 116 Å². The van der Waals surface area contributed by atoms with Gasteiger partial charge in [-0.1, -0.05) is 28.4 Å². The van der Waals surface area contributed by atoms with E-state index in [4.69, 9.17) is 0 Å². The van der Waals surface area contributed by atoms with Gasteiger partial charge in [-0.2, -0.15) is 0 Å². The SMILES string of the molecule is Cc1c(Br)cccc1C(=O)NCC1CCCC1O. The molecule has 0 heterocycles. The summed E-state index contributed by atoms with van der Waals surface area (Å²) in [7, 11) is 0. The van der Waals surface area contributed by atoms with Crippen molar-refractivity contribution < 1.29 is 9.90 Å². The largest absolute Gasteiger partial charge is 0.393 e. The van der Waals surface area contributed by atoms with Crippen LogP contribution in [-0.4, -0.2) is 23.7 Å². The lowest BCUT2D eigenvalue weighted by Crippen LogP contribution is -2.32. The third-order valence-electron chi connectivity index (χ3n) is 3.66. The molecule has 1 fully saturated rings. The summed E-state index contributed by atoms with van der Waals surface area (Å²) in [6.45, 7) is 2.48. The van der Waals surface area contributed by atoms with Crippen LogP contribution in [0.25, 0.3) is 0 Å². The van der Waals surface area contributed by atoms with Gasteiger partial charge >= 0.3 is 0 Å². The van der Waals surface area contributed by atoms with Crippen LogP contribution in [0.5, 0.6) is 0 Å². The third kappa shape index (κ3) is 2.93. The molecule has 1 amide bonds. The molecular formula is C14H18BrNO2. The zero-order chi connectivity index (χ0) is 13.1. The Bertz CT molecular complexity index is 447. The molecule has 2 rings (SSSR count). The van der Waals surface area contributed by atoms with Crippen molar-refractivity contribution in [2.45, 2.75) is 32.3 Å². The summed E-state index contributed by atoms with van der Waals surface area (Å²) in [6.07, 6.45) is 2.65. The minimum atomic E-state index is -0.256. The lowest BCUT2D eigenvalue weighted by atomic mass is 10.1. The quantitative estimate of drug-likeness (QED) is 0.901. The molecule has 1 aliphatic rings. The highest BCUT2D eigenvalue weighted by Gasteiger charge is 2.25. The van der Waals surface area contributed by atoms with Gasteiger partial charge in [-0.05, 0) is 37.5 Å². The summed E-state index contributed by atoms with van der Waals surface area (Å²) >= 11 is 3.42. The van der Waals surface area contributed by atoms with Gasteiger partial charge in [0, 0.05) is 22.5 Å². The number of benzene rings is 1. The first-order valence-corrected chi connectivity index (χ1v) is 7.10. The maximum absolute atomic E-state index is 12.1. The number of amides is 1. The predicted octanol–water partition coefficient (Wildman–Crippen LogP) is 2.65. The molecular weight excluding hydrogens is 294 g/mol. The van der Waals surface area contributed by atoms with E-state index in [-0.39, 0.29) is 17.9 Å². The lowest BCUT2D eigenvalue weighted by molar-refractivity contribution is 0.0916. The number of nitrogens with one attached hydrogen (secondary N) is 1. The molecule has 1 aromatic rings. The van der Waals surface area contributed by atoms with Crippen LogP contribution in [0.3, 0.4) is 0 Å². The van der Waals surface area contributed by atoms with E-state index in [1.54, 1.807) is 0 Å². The van der Waals surface area contributed by atoms with E-state index in [9.17, 15) is 9.90 Å². The Morgan fingerprint density at radius 2 is 2.28 bits per heavy atom. The Morgan fingerprint density at radius 3 is 2.94 bits per heavy atom. The molecule has 98 valence electrons. The van der Waals surface area contributed by atoms with Gasteiger partial charge in [0.2, 0.25) is 0 Å². The average molecular weight is 312 g/mol. The first-order valence-electron chi connectivity index (χ1n) is 6.31. The average Bonchev–Trinajstić information content (AvgIpc) is 2.75. The lowest BCUT2D eigenvalue weighted by Gasteiger charge is -2.15. The highest BCUT2D eigenvalue weighted by molar-refractivity contribution is 9.10. The number of hydrogen-bond donors (Lipinski definition) is 2.